The summed E-state index contributed by atoms with van der Waals surface area (Å²) in [6.45, 7) is 3.67. The van der Waals surface area contributed by atoms with Gasteiger partial charge >= 0.3 is 0 Å². The lowest BCUT2D eigenvalue weighted by atomic mass is 10.1. The number of methoxy groups -OCH3 is 2. The molecule has 0 unspecified atom stereocenters. The van der Waals surface area contributed by atoms with Crippen molar-refractivity contribution in [1.82, 2.24) is 4.90 Å². The molecule has 1 aromatic rings. The van der Waals surface area contributed by atoms with Crippen molar-refractivity contribution in [3.05, 3.63) is 35.3 Å². The maximum atomic E-state index is 12.4. The first kappa shape index (κ1) is 19.8. The molecule has 1 saturated heterocycles. The predicted molar refractivity (Wildman–Crippen MR) is 104 cm³/mol. The molecule has 1 aliphatic rings. The van der Waals surface area contributed by atoms with E-state index in [-0.39, 0.29) is 18.3 Å². The lowest BCUT2D eigenvalue weighted by Gasteiger charge is -2.14. The van der Waals surface area contributed by atoms with Gasteiger partial charge in [-0.25, -0.2) is 0 Å². The molecule has 9 heteroatoms. The Labute approximate surface area is 160 Å². The standard InChI is InChI=1S/C17H18N2O5S2/c1-4-5-19-16(21)13(26-17(19)25)8-10-6-11(22-2)15(12(7-10)23-3)24-9-14(18)20/h4,6-8H,1,5,9H2,2-3H3,(H2,18,20)/b13-8-. The molecular formula is C17H18N2O5S2. The van der Waals surface area contributed by atoms with Gasteiger partial charge in [-0.05, 0) is 23.8 Å². The third-order valence-corrected chi connectivity index (χ3v) is 4.70. The molecule has 0 spiro atoms. The van der Waals surface area contributed by atoms with Crippen molar-refractivity contribution in [3.8, 4) is 17.2 Å². The van der Waals surface area contributed by atoms with E-state index in [2.05, 4.69) is 6.58 Å². The molecule has 0 bridgehead atoms. The number of benzene rings is 1. The number of nitrogens with two attached hydrogens (primary N) is 1. The van der Waals surface area contributed by atoms with Crippen LogP contribution in [0.1, 0.15) is 5.56 Å². The van der Waals surface area contributed by atoms with Gasteiger partial charge in [-0.15, -0.1) is 6.58 Å². The molecule has 2 rings (SSSR count). The first-order valence-electron chi connectivity index (χ1n) is 7.44. The zero-order valence-electron chi connectivity index (χ0n) is 14.3. The Morgan fingerprint density at radius 2 is 1.96 bits per heavy atom. The number of thiocarbonyl (C=S) groups is 1. The average molecular weight is 394 g/mol. The summed E-state index contributed by atoms with van der Waals surface area (Å²) in [5, 5.41) is 0. The van der Waals surface area contributed by atoms with Crippen molar-refractivity contribution in [2.24, 2.45) is 5.73 Å². The lowest BCUT2D eigenvalue weighted by Crippen LogP contribution is -2.27. The van der Waals surface area contributed by atoms with Crippen LogP contribution < -0.4 is 19.9 Å². The first-order chi connectivity index (χ1) is 12.4. The molecule has 2 N–H and O–H groups in total. The smallest absolute Gasteiger partial charge is 0.266 e. The van der Waals surface area contributed by atoms with Crippen LogP contribution in [-0.2, 0) is 9.59 Å². The number of ether oxygens (including phenoxy) is 3. The second-order valence-corrected chi connectivity index (χ2v) is 6.77. The largest absolute Gasteiger partial charge is 0.493 e. The number of amides is 2. The van der Waals surface area contributed by atoms with Crippen molar-refractivity contribution in [1.29, 1.82) is 0 Å². The molecule has 0 aliphatic carbocycles. The summed E-state index contributed by atoms with van der Waals surface area (Å²) in [7, 11) is 2.92. The number of primary amides is 1. The van der Waals surface area contributed by atoms with E-state index in [9.17, 15) is 9.59 Å². The van der Waals surface area contributed by atoms with Crippen LogP contribution in [0.5, 0.6) is 17.2 Å². The van der Waals surface area contributed by atoms with Crippen molar-refractivity contribution >= 4 is 46.2 Å². The highest BCUT2D eigenvalue weighted by Crippen LogP contribution is 2.40. The molecule has 2 amide bonds. The Morgan fingerprint density at radius 3 is 2.46 bits per heavy atom. The summed E-state index contributed by atoms with van der Waals surface area (Å²) in [4.78, 5) is 25.3. The van der Waals surface area contributed by atoms with Gasteiger partial charge in [0, 0.05) is 6.54 Å². The van der Waals surface area contributed by atoms with E-state index in [0.29, 0.717) is 32.8 Å². The second-order valence-electron chi connectivity index (χ2n) is 5.09. The van der Waals surface area contributed by atoms with Gasteiger partial charge in [0.1, 0.15) is 4.32 Å². The van der Waals surface area contributed by atoms with E-state index in [1.165, 1.54) is 30.9 Å². The van der Waals surface area contributed by atoms with E-state index in [1.54, 1.807) is 24.3 Å². The Kier molecular flexibility index (Phi) is 6.64. The summed E-state index contributed by atoms with van der Waals surface area (Å²) < 4.78 is 16.5. The molecular weight excluding hydrogens is 376 g/mol. The van der Waals surface area contributed by atoms with Crippen LogP contribution in [-0.4, -0.2) is 48.4 Å². The SMILES string of the molecule is C=CCN1C(=O)/C(=C/c2cc(OC)c(OCC(N)=O)c(OC)c2)SC1=S. The van der Waals surface area contributed by atoms with E-state index >= 15 is 0 Å². The highest BCUT2D eigenvalue weighted by atomic mass is 32.2. The van der Waals surface area contributed by atoms with Gasteiger partial charge in [-0.2, -0.15) is 0 Å². The van der Waals surface area contributed by atoms with E-state index in [0.717, 1.165) is 0 Å². The summed E-state index contributed by atoms with van der Waals surface area (Å²) in [5.74, 6) is 0.137. The fourth-order valence-corrected chi connectivity index (χ4v) is 3.48. The van der Waals surface area contributed by atoms with Crippen LogP contribution in [0.4, 0.5) is 0 Å². The highest BCUT2D eigenvalue weighted by molar-refractivity contribution is 8.26. The van der Waals surface area contributed by atoms with Gasteiger partial charge in [0.15, 0.2) is 18.1 Å². The molecule has 0 radical (unpaired) electrons. The topological polar surface area (TPSA) is 91.1 Å². The Morgan fingerprint density at radius 1 is 1.35 bits per heavy atom. The molecule has 0 saturated carbocycles. The number of rotatable bonds is 8. The van der Waals surface area contributed by atoms with Crippen LogP contribution in [0.15, 0.2) is 29.7 Å². The van der Waals surface area contributed by atoms with Crippen LogP contribution in [0.3, 0.4) is 0 Å². The molecule has 26 heavy (non-hydrogen) atoms. The van der Waals surface area contributed by atoms with Crippen LogP contribution in [0.2, 0.25) is 0 Å². The maximum absolute atomic E-state index is 12.4. The molecule has 7 nitrogen and oxygen atoms in total. The fraction of sp³-hybridized carbons (Fsp3) is 0.235. The highest BCUT2D eigenvalue weighted by Gasteiger charge is 2.31. The summed E-state index contributed by atoms with van der Waals surface area (Å²) in [6.07, 6.45) is 3.30. The van der Waals surface area contributed by atoms with Crippen molar-refractivity contribution in [3.63, 3.8) is 0 Å². The zero-order valence-corrected chi connectivity index (χ0v) is 15.9. The van der Waals surface area contributed by atoms with Gasteiger partial charge in [-0.3, -0.25) is 14.5 Å². The molecule has 1 aromatic carbocycles. The molecule has 1 heterocycles. The minimum atomic E-state index is -0.621. The van der Waals surface area contributed by atoms with Crippen LogP contribution >= 0.6 is 24.0 Å². The third kappa shape index (κ3) is 4.36. The molecule has 1 fully saturated rings. The van der Waals surface area contributed by atoms with Gasteiger partial charge in [-0.1, -0.05) is 30.1 Å². The number of nitrogens with zero attached hydrogens (tertiary/aromatic N) is 1. The minimum absolute atomic E-state index is 0.188. The number of carbonyl (C=O) groups excluding carboxylic acids is 2. The molecule has 0 aromatic heterocycles. The fourth-order valence-electron chi connectivity index (χ4n) is 2.21. The summed E-state index contributed by atoms with van der Waals surface area (Å²) >= 11 is 6.43. The van der Waals surface area contributed by atoms with Crippen LogP contribution in [0, 0.1) is 0 Å². The normalized spacial score (nSPS) is 15.3. The van der Waals surface area contributed by atoms with E-state index < -0.39 is 5.91 Å². The zero-order chi connectivity index (χ0) is 19.3. The quantitative estimate of drug-likeness (QED) is 0.409. The van der Waals surface area contributed by atoms with Crippen LogP contribution in [0.25, 0.3) is 6.08 Å². The van der Waals surface area contributed by atoms with Gasteiger partial charge < -0.3 is 19.9 Å². The lowest BCUT2D eigenvalue weighted by molar-refractivity contribution is -0.122. The maximum Gasteiger partial charge on any atom is 0.266 e. The number of hydrogen-bond donors (Lipinski definition) is 1. The Hall–Kier alpha value is -2.52. The number of hydrogen-bond acceptors (Lipinski definition) is 7. The van der Waals surface area contributed by atoms with Crippen molar-refractivity contribution in [2.45, 2.75) is 0 Å². The average Bonchev–Trinajstić information content (AvgIpc) is 2.87. The van der Waals surface area contributed by atoms with Crippen molar-refractivity contribution < 1.29 is 23.8 Å². The van der Waals surface area contributed by atoms with Crippen molar-refractivity contribution in [2.75, 3.05) is 27.4 Å². The third-order valence-electron chi connectivity index (χ3n) is 3.32. The first-order valence-corrected chi connectivity index (χ1v) is 8.67. The Bertz CT molecular complexity index is 766. The van der Waals surface area contributed by atoms with E-state index in [1.807, 2.05) is 0 Å². The monoisotopic (exact) mass is 394 g/mol. The number of thioether (sulfide) groups is 1. The predicted octanol–water partition coefficient (Wildman–Crippen LogP) is 1.96. The van der Waals surface area contributed by atoms with E-state index in [4.69, 9.17) is 32.2 Å². The molecule has 138 valence electrons. The van der Waals surface area contributed by atoms with Gasteiger partial charge in [0.05, 0.1) is 19.1 Å². The molecule has 1 aliphatic heterocycles. The number of carbonyl (C=O) groups is 2. The van der Waals surface area contributed by atoms with Gasteiger partial charge in [0.25, 0.3) is 11.8 Å². The second kappa shape index (κ2) is 8.72. The summed E-state index contributed by atoms with van der Waals surface area (Å²) in [5.41, 5.74) is 5.77. The summed E-state index contributed by atoms with van der Waals surface area (Å²) in [6, 6.07) is 3.33. The Balaban J connectivity index is 2.38. The molecule has 0 atom stereocenters. The van der Waals surface area contributed by atoms with Gasteiger partial charge in [0.2, 0.25) is 5.75 Å². The minimum Gasteiger partial charge on any atom is -0.493 e.